The summed E-state index contributed by atoms with van der Waals surface area (Å²) in [7, 11) is 0. The molecule has 0 radical (unpaired) electrons. The Kier molecular flexibility index (Phi) is 3.40. The van der Waals surface area contributed by atoms with Crippen LogP contribution in [0.25, 0.3) is 11.1 Å². The van der Waals surface area contributed by atoms with E-state index in [1.165, 1.54) is 0 Å². The number of hydrogen-bond donors (Lipinski definition) is 1. The molecule has 0 saturated carbocycles. The molecule has 106 valence electrons. The van der Waals surface area contributed by atoms with Crippen LogP contribution >= 0.6 is 0 Å². The van der Waals surface area contributed by atoms with Crippen LogP contribution in [0.1, 0.15) is 35.8 Å². The van der Waals surface area contributed by atoms with Gasteiger partial charge in [0.05, 0.1) is 16.6 Å². The average Bonchev–Trinajstić information content (AvgIpc) is 2.88. The van der Waals surface area contributed by atoms with Crippen molar-refractivity contribution in [2.45, 2.75) is 32.2 Å². The number of nitrogens with zero attached hydrogens (tertiary/aromatic N) is 3. The maximum absolute atomic E-state index is 12.5. The second kappa shape index (κ2) is 5.20. The van der Waals surface area contributed by atoms with Gasteiger partial charge >= 0.3 is 0 Å². The molecule has 1 fully saturated rings. The third-order valence-corrected chi connectivity index (χ3v) is 3.73. The van der Waals surface area contributed by atoms with Gasteiger partial charge in [-0.15, -0.1) is 0 Å². The lowest BCUT2D eigenvalue weighted by atomic mass is 10.1. The van der Waals surface area contributed by atoms with Crippen LogP contribution in [0, 0.1) is 0 Å². The van der Waals surface area contributed by atoms with Gasteiger partial charge < -0.3 is 15.2 Å². The van der Waals surface area contributed by atoms with Crippen molar-refractivity contribution in [1.29, 1.82) is 0 Å². The highest BCUT2D eigenvalue weighted by Crippen LogP contribution is 2.20. The van der Waals surface area contributed by atoms with Gasteiger partial charge in [0.1, 0.15) is 0 Å². The van der Waals surface area contributed by atoms with E-state index < -0.39 is 0 Å². The molecular formula is C14H18N4O2. The molecule has 0 aromatic carbocycles. The van der Waals surface area contributed by atoms with Crippen LogP contribution in [-0.4, -0.2) is 40.1 Å². The molecule has 1 aliphatic heterocycles. The smallest absolute Gasteiger partial charge is 0.257 e. The molecule has 2 aromatic heterocycles. The number of piperidine rings is 1. The van der Waals surface area contributed by atoms with Crippen LogP contribution in [0.3, 0.4) is 0 Å². The van der Waals surface area contributed by atoms with Gasteiger partial charge in [-0.3, -0.25) is 4.79 Å². The number of fused-ring (bicyclic) bond motifs is 1. The van der Waals surface area contributed by atoms with E-state index in [1.54, 1.807) is 11.1 Å². The number of aromatic nitrogens is 2. The van der Waals surface area contributed by atoms with Crippen molar-refractivity contribution >= 4 is 17.0 Å². The van der Waals surface area contributed by atoms with E-state index in [9.17, 15) is 4.79 Å². The average molecular weight is 274 g/mol. The summed E-state index contributed by atoms with van der Waals surface area (Å²) in [5.74, 6) is -0.0159. The number of aryl methyl sites for hydroxylation is 1. The second-order valence-corrected chi connectivity index (χ2v) is 5.21. The second-order valence-electron chi connectivity index (χ2n) is 5.21. The molecule has 6 nitrogen and oxygen atoms in total. The van der Waals surface area contributed by atoms with Crippen molar-refractivity contribution in [1.82, 2.24) is 15.0 Å². The number of amides is 1. The highest BCUT2D eigenvalue weighted by Gasteiger charge is 2.23. The summed E-state index contributed by atoms with van der Waals surface area (Å²) < 4.78 is 5.13. The molecular weight excluding hydrogens is 256 g/mol. The molecule has 0 bridgehead atoms. The van der Waals surface area contributed by atoms with E-state index in [2.05, 4.69) is 10.1 Å². The minimum absolute atomic E-state index is 0.0159. The lowest BCUT2D eigenvalue weighted by Gasteiger charge is -2.30. The van der Waals surface area contributed by atoms with Crippen molar-refractivity contribution in [2.75, 3.05) is 13.1 Å². The van der Waals surface area contributed by atoms with E-state index in [-0.39, 0.29) is 11.9 Å². The topological polar surface area (TPSA) is 85.2 Å². The van der Waals surface area contributed by atoms with Gasteiger partial charge in [-0.1, -0.05) is 12.1 Å². The van der Waals surface area contributed by atoms with Crippen LogP contribution in [0.15, 0.2) is 16.8 Å². The minimum atomic E-state index is -0.0159. The zero-order valence-electron chi connectivity index (χ0n) is 11.5. The third-order valence-electron chi connectivity index (χ3n) is 3.73. The summed E-state index contributed by atoms with van der Waals surface area (Å²) >= 11 is 0. The Hall–Kier alpha value is -1.95. The molecule has 1 saturated heterocycles. The summed E-state index contributed by atoms with van der Waals surface area (Å²) in [6.07, 6.45) is 4.24. The minimum Gasteiger partial charge on any atom is -0.337 e. The van der Waals surface area contributed by atoms with E-state index >= 15 is 0 Å². The first kappa shape index (κ1) is 13.1. The van der Waals surface area contributed by atoms with E-state index in [1.807, 2.05) is 13.0 Å². The van der Waals surface area contributed by atoms with E-state index in [0.717, 1.165) is 36.9 Å². The van der Waals surface area contributed by atoms with Crippen LogP contribution in [-0.2, 0) is 6.42 Å². The standard InChI is InChI=1S/C14H18N4O2/c1-2-12-11-6-9(7-16-13(11)20-17-12)14(19)18-5-3-4-10(15)8-18/h6-7,10H,2-5,8,15H2,1H3. The number of carbonyl (C=O) groups excluding carboxylic acids is 1. The summed E-state index contributed by atoms with van der Waals surface area (Å²) in [6, 6.07) is 1.89. The fourth-order valence-corrected chi connectivity index (χ4v) is 2.63. The molecule has 20 heavy (non-hydrogen) atoms. The summed E-state index contributed by atoms with van der Waals surface area (Å²) in [4.78, 5) is 18.5. The third kappa shape index (κ3) is 2.27. The van der Waals surface area contributed by atoms with Crippen molar-refractivity contribution < 1.29 is 9.32 Å². The van der Waals surface area contributed by atoms with Gasteiger partial charge in [0.15, 0.2) is 0 Å². The molecule has 0 aliphatic carbocycles. The van der Waals surface area contributed by atoms with Gasteiger partial charge in [0.2, 0.25) is 0 Å². The normalized spacial score (nSPS) is 19.5. The Labute approximate surface area is 116 Å². The first-order valence-electron chi connectivity index (χ1n) is 6.98. The number of hydrogen-bond acceptors (Lipinski definition) is 5. The largest absolute Gasteiger partial charge is 0.337 e. The molecule has 1 amide bonds. The number of nitrogens with two attached hydrogens (primary N) is 1. The fraction of sp³-hybridized carbons (Fsp3) is 0.500. The van der Waals surface area contributed by atoms with Crippen molar-refractivity contribution in [3.63, 3.8) is 0 Å². The maximum atomic E-state index is 12.5. The highest BCUT2D eigenvalue weighted by atomic mass is 16.5. The van der Waals surface area contributed by atoms with E-state index in [0.29, 0.717) is 17.8 Å². The molecule has 2 aromatic rings. The quantitative estimate of drug-likeness (QED) is 0.893. The molecule has 3 heterocycles. The van der Waals surface area contributed by atoms with Crippen LogP contribution in [0.2, 0.25) is 0 Å². The highest BCUT2D eigenvalue weighted by molar-refractivity contribution is 5.97. The summed E-state index contributed by atoms with van der Waals surface area (Å²) in [6.45, 7) is 3.37. The SMILES string of the molecule is CCc1noc2ncc(C(=O)N3CCCC(N)C3)cc12. The van der Waals surface area contributed by atoms with Crippen LogP contribution in [0.4, 0.5) is 0 Å². The predicted molar refractivity (Wildman–Crippen MR) is 74.3 cm³/mol. The summed E-state index contributed by atoms with van der Waals surface area (Å²) in [5.41, 5.74) is 7.81. The molecule has 6 heteroatoms. The first-order chi connectivity index (χ1) is 9.69. The molecule has 0 spiro atoms. The Balaban J connectivity index is 1.90. The summed E-state index contributed by atoms with van der Waals surface area (Å²) in [5, 5.41) is 4.78. The van der Waals surface area contributed by atoms with Crippen molar-refractivity contribution in [3.05, 3.63) is 23.5 Å². The van der Waals surface area contributed by atoms with Gasteiger partial charge in [-0.2, -0.15) is 0 Å². The zero-order valence-corrected chi connectivity index (χ0v) is 11.5. The number of likely N-dealkylation sites (tertiary alicyclic amines) is 1. The maximum Gasteiger partial charge on any atom is 0.257 e. The zero-order chi connectivity index (χ0) is 14.1. The van der Waals surface area contributed by atoms with Gasteiger partial charge in [-0.25, -0.2) is 4.98 Å². The number of rotatable bonds is 2. The van der Waals surface area contributed by atoms with Crippen LogP contribution in [0.5, 0.6) is 0 Å². The Morgan fingerprint density at radius 2 is 2.45 bits per heavy atom. The lowest BCUT2D eigenvalue weighted by molar-refractivity contribution is 0.0708. The molecule has 3 rings (SSSR count). The number of pyridine rings is 1. The molecule has 1 atom stereocenters. The molecule has 1 aliphatic rings. The Morgan fingerprint density at radius 1 is 1.60 bits per heavy atom. The molecule has 2 N–H and O–H groups in total. The predicted octanol–water partition coefficient (Wildman–Crippen LogP) is 1.35. The Morgan fingerprint density at radius 3 is 3.20 bits per heavy atom. The monoisotopic (exact) mass is 274 g/mol. The van der Waals surface area contributed by atoms with Gasteiger partial charge in [-0.05, 0) is 25.3 Å². The fourth-order valence-electron chi connectivity index (χ4n) is 2.63. The van der Waals surface area contributed by atoms with E-state index in [4.69, 9.17) is 10.3 Å². The van der Waals surface area contributed by atoms with Crippen molar-refractivity contribution in [3.8, 4) is 0 Å². The Bertz CT molecular complexity index is 637. The van der Waals surface area contributed by atoms with Crippen molar-refractivity contribution in [2.24, 2.45) is 5.73 Å². The first-order valence-corrected chi connectivity index (χ1v) is 6.98. The van der Waals surface area contributed by atoms with Crippen LogP contribution < -0.4 is 5.73 Å². The van der Waals surface area contributed by atoms with Gasteiger partial charge in [0, 0.05) is 25.3 Å². The molecule has 1 unspecified atom stereocenters. The number of carbonyl (C=O) groups is 1. The lowest BCUT2D eigenvalue weighted by Crippen LogP contribution is -2.45. The van der Waals surface area contributed by atoms with Gasteiger partial charge in [0.25, 0.3) is 11.6 Å².